The Labute approximate surface area is 538 Å². The Morgan fingerprint density at radius 3 is 1.29 bits per heavy atom. The number of hydrogen-bond acceptors (Lipinski definition) is 36. The summed E-state index contributed by atoms with van der Waals surface area (Å²) >= 11 is 0. The highest BCUT2D eigenvalue weighted by atomic mass is 19.1. The largest absolute Gasteiger partial charge is 0.394 e. The van der Waals surface area contributed by atoms with E-state index in [2.05, 4.69) is 60.2 Å². The number of rotatable bonds is 24. The van der Waals surface area contributed by atoms with E-state index in [-0.39, 0.29) is 19.5 Å². The molecule has 0 unspecified atom stereocenters. The fourth-order valence-electron chi connectivity index (χ4n) is 12.1. The van der Waals surface area contributed by atoms with E-state index in [1.807, 2.05) is 0 Å². The van der Waals surface area contributed by atoms with Gasteiger partial charge in [0.1, 0.15) is 122 Å². The van der Waals surface area contributed by atoms with Crippen LogP contribution in [0.1, 0.15) is 12.8 Å². The highest BCUT2D eigenvalue weighted by molar-refractivity contribution is 5.07. The molecule has 0 aromatic carbocycles. The Morgan fingerprint density at radius 2 is 0.771 bits per heavy atom. The lowest BCUT2D eigenvalue weighted by molar-refractivity contribution is -0.302. The van der Waals surface area contributed by atoms with E-state index in [4.69, 9.17) is 119 Å². The van der Waals surface area contributed by atoms with Crippen molar-refractivity contribution in [1.29, 1.82) is 0 Å². The molecule has 540 valence electrons. The van der Waals surface area contributed by atoms with Crippen molar-refractivity contribution in [2.75, 3.05) is 39.4 Å². The van der Waals surface area contributed by atoms with Gasteiger partial charge < -0.3 is 153 Å². The van der Waals surface area contributed by atoms with Crippen LogP contribution in [-0.4, -0.2) is 333 Å². The molecular weight excluding hydrogens is 1310 g/mol. The predicted octanol–water partition coefficient (Wildman–Crippen LogP) is -7.73. The maximum atomic E-state index is 15.4. The minimum absolute atomic E-state index is 0.0577. The second-order valence-electron chi connectivity index (χ2n) is 23.2. The number of ether oxygens (including phenoxy) is 12. The minimum atomic E-state index is -2.37. The number of aliphatic hydroxyl groups is 12. The summed E-state index contributed by atoms with van der Waals surface area (Å²) in [5.41, 5.74) is 89.5. The summed E-state index contributed by atoms with van der Waals surface area (Å²) in [7, 11) is 0. The first-order valence-electron chi connectivity index (χ1n) is 29.6. The molecule has 0 aromatic rings. The van der Waals surface area contributed by atoms with E-state index in [1.54, 1.807) is 0 Å². The van der Waals surface area contributed by atoms with Crippen molar-refractivity contribution in [3.63, 3.8) is 0 Å². The van der Waals surface area contributed by atoms with E-state index in [1.165, 1.54) is 0 Å². The molecule has 48 nitrogen and oxygen atoms in total. The molecule has 6 saturated heterocycles. The Hall–Kier alpha value is -5.48. The van der Waals surface area contributed by atoms with Crippen LogP contribution in [0.5, 0.6) is 0 Å². The minimum Gasteiger partial charge on any atom is -0.394 e. The van der Waals surface area contributed by atoms with Gasteiger partial charge in [-0.2, -0.15) is 0 Å². The number of nitrogens with two attached hydrogens (primary N) is 6. The average Bonchev–Trinajstić information content (AvgIpc) is 1.48. The van der Waals surface area contributed by atoms with Gasteiger partial charge in [-0.05, 0) is 46.0 Å². The molecule has 6 aliphatic heterocycles. The average molecular weight is 1390 g/mol. The van der Waals surface area contributed by atoms with Crippen molar-refractivity contribution in [2.24, 2.45) is 65.1 Å². The molecule has 8 fully saturated rings. The molecule has 6 heterocycles. The molecule has 38 atom stereocenters. The third-order valence-electron chi connectivity index (χ3n) is 17.3. The Kier molecular flexibility index (Phi) is 28.8. The van der Waals surface area contributed by atoms with E-state index < -0.39 is 265 Å². The second kappa shape index (κ2) is 35.5. The van der Waals surface area contributed by atoms with Gasteiger partial charge in [-0.1, -0.05) is 30.7 Å². The van der Waals surface area contributed by atoms with Crippen molar-refractivity contribution >= 4 is 0 Å². The Morgan fingerprint density at radius 1 is 0.365 bits per heavy atom. The van der Waals surface area contributed by atoms with Crippen LogP contribution in [0.15, 0.2) is 30.7 Å². The molecule has 8 rings (SSSR count). The number of alkyl halides is 2. The lowest BCUT2D eigenvalue weighted by Gasteiger charge is -2.47. The van der Waals surface area contributed by atoms with Gasteiger partial charge in [0.25, 0.3) is 0 Å². The van der Waals surface area contributed by atoms with Crippen LogP contribution in [0.25, 0.3) is 62.7 Å². The molecule has 96 heavy (non-hydrogen) atoms. The molecule has 50 heteroatoms. The van der Waals surface area contributed by atoms with Crippen LogP contribution in [0.2, 0.25) is 0 Å². The van der Waals surface area contributed by atoms with Crippen LogP contribution in [-0.2, 0) is 56.8 Å². The quantitative estimate of drug-likeness (QED) is 0.0242. The SMILES string of the molecule is NC[C@@H]1O[C@H](O[C@H]2[C@@H](O)[C@H](O[C@@H]3[C@@H](O)[C@H](N)C[C@H](N)[C@H]3O[C@H]3O[C@H](CN)[C@H](O)[C@H](F)[C@H]3N)O[C@@H]2CO)[C@H](N)[C@@H](O)[C@@H]1O.[N-]=[N+]=NC[C@@H]1O[C@H](O[C@H]2[C@@H](O)[C@H](O[C@@H]3[C@@H](O)[C@H](N=[N+]=[N-])C[C@H](N=[N+]=[N-])[C@H]3O[C@H]3O[C@H](CN=[N+]=[N-])[C@H](O)[C@H](F)[C@H]3N=[N+]=[N-])O[C@@H]2CO)[C@H](N=[N+]=[N-])[C@@H](O)[C@@H]1O. The highest BCUT2D eigenvalue weighted by Crippen LogP contribution is 2.40. The topological polar surface area (TPSA) is 802 Å². The zero-order valence-corrected chi connectivity index (χ0v) is 50.1. The van der Waals surface area contributed by atoms with Gasteiger partial charge in [-0.15, -0.1) is 0 Å². The van der Waals surface area contributed by atoms with Crippen molar-refractivity contribution < 1.29 is 127 Å². The van der Waals surface area contributed by atoms with Gasteiger partial charge in [0.15, 0.2) is 37.7 Å². The first-order valence-corrected chi connectivity index (χ1v) is 29.6. The summed E-state index contributed by atoms with van der Waals surface area (Å²) in [5, 5.41) is 147. The highest BCUT2D eigenvalue weighted by Gasteiger charge is 2.58. The van der Waals surface area contributed by atoms with Crippen LogP contribution >= 0.6 is 0 Å². The molecule has 2 aliphatic carbocycles. The van der Waals surface area contributed by atoms with Gasteiger partial charge in [0.05, 0.1) is 87.1 Å². The number of nitrogens with zero attached hydrogens (tertiary/aromatic N) is 18. The number of hydrogen-bond donors (Lipinski definition) is 18. The molecule has 24 N–H and O–H groups in total. The smallest absolute Gasteiger partial charge is 0.187 e. The van der Waals surface area contributed by atoms with Crippen molar-refractivity contribution in [1.82, 2.24) is 0 Å². The van der Waals surface area contributed by atoms with E-state index in [9.17, 15) is 71.2 Å². The summed E-state index contributed by atoms with van der Waals surface area (Å²) in [5.74, 6) is 0. The summed E-state index contributed by atoms with van der Waals surface area (Å²) in [4.78, 5) is 15.6. The third-order valence-corrected chi connectivity index (χ3v) is 17.3. The van der Waals surface area contributed by atoms with E-state index in [0.29, 0.717) is 0 Å². The standard InChI is InChI=1S/C23H33FN18O12.C23H45FN6O12/c24-10-11(35-41-29)21(49-7(14(10)45)2-31-37-25)52-18-6(34-40-28)1-5(33-39-27)13(44)20(18)54-23-17(48)19(9(4-43)51-23)53-22-12(36-42-30)16(47)15(46)8(50-22)3-32-38-26;24-10-11(29)21(37-7(2-25)14(10)33)40-18-6(28)1-5(27)13(32)20(18)42-23-17(36)19(9(4-31)39-23)41-22-12(30)16(35)15(34)8(3-26)38-22/h5-23,43-48H,1-4H2;5-23,31-36H,1-4,25-30H2/t2*5-,6+,7-,8+,9-,10-,11-,12-,13+,14+,15-,16-,17-,18-,19-,20-,21-,22-,23+/m11/s1. The van der Waals surface area contributed by atoms with Crippen LogP contribution in [0, 0.1) is 0 Å². The summed E-state index contributed by atoms with van der Waals surface area (Å²) in [6, 6.07) is -10.9. The number of halogens is 2. The first kappa shape index (κ1) is 77.9. The fraction of sp³-hybridized carbons (Fsp3) is 1.00. The number of azide groups is 6. The Balaban J connectivity index is 0.000000279. The summed E-state index contributed by atoms with van der Waals surface area (Å²) < 4.78 is 98.9. The van der Waals surface area contributed by atoms with Gasteiger partial charge in [-0.25, -0.2) is 8.78 Å². The Bertz CT molecular complexity index is 2820. The molecule has 0 aromatic heterocycles. The zero-order chi connectivity index (χ0) is 70.6. The van der Waals surface area contributed by atoms with Crippen LogP contribution in [0.3, 0.4) is 0 Å². The van der Waals surface area contributed by atoms with Gasteiger partial charge in [0.2, 0.25) is 0 Å². The molecular formula is C46H78F2N24O24. The van der Waals surface area contributed by atoms with E-state index in [0.717, 1.165) is 0 Å². The van der Waals surface area contributed by atoms with Crippen molar-refractivity contribution in [3.05, 3.63) is 62.7 Å². The lowest BCUT2D eigenvalue weighted by Crippen LogP contribution is -2.67. The predicted molar refractivity (Wildman–Crippen MR) is 304 cm³/mol. The van der Waals surface area contributed by atoms with Gasteiger partial charge in [-0.3, -0.25) is 0 Å². The van der Waals surface area contributed by atoms with Crippen LogP contribution < -0.4 is 34.4 Å². The monoisotopic (exact) mass is 1390 g/mol. The first-order chi connectivity index (χ1) is 45.8. The maximum absolute atomic E-state index is 15.4. The molecule has 0 spiro atoms. The molecule has 0 radical (unpaired) electrons. The van der Waals surface area contributed by atoms with Gasteiger partial charge >= 0.3 is 0 Å². The molecule has 2 saturated carbocycles. The van der Waals surface area contributed by atoms with Crippen molar-refractivity contribution in [2.45, 2.75) is 246 Å². The second-order valence-corrected chi connectivity index (χ2v) is 23.2. The molecule has 0 amide bonds. The maximum Gasteiger partial charge on any atom is 0.187 e. The molecule has 8 aliphatic rings. The summed E-state index contributed by atoms with van der Waals surface area (Å²) in [6.07, 6.45) is -48.5. The normalized spacial score (nSPS) is 47.8. The van der Waals surface area contributed by atoms with Crippen molar-refractivity contribution in [3.8, 4) is 0 Å². The zero-order valence-electron chi connectivity index (χ0n) is 50.1. The van der Waals surface area contributed by atoms with E-state index >= 15 is 4.39 Å². The number of aliphatic hydroxyl groups excluding tert-OH is 12. The summed E-state index contributed by atoms with van der Waals surface area (Å²) in [6.45, 7) is -3.09. The lowest BCUT2D eigenvalue weighted by atomic mass is 9.84. The van der Waals surface area contributed by atoms with Crippen LogP contribution in [0.4, 0.5) is 8.78 Å². The van der Waals surface area contributed by atoms with Gasteiger partial charge in [0, 0.05) is 54.6 Å². The fourth-order valence-corrected chi connectivity index (χ4v) is 12.1. The third kappa shape index (κ3) is 17.2. The molecule has 0 bridgehead atoms.